The number of aryl methyl sites for hydroxylation is 1. The highest BCUT2D eigenvalue weighted by Crippen LogP contribution is 2.19. The second-order valence-corrected chi connectivity index (χ2v) is 8.75. The number of fused-ring (bicyclic) bond motifs is 1. The van der Waals surface area contributed by atoms with Gasteiger partial charge in [-0.15, -0.1) is 0 Å². The summed E-state index contributed by atoms with van der Waals surface area (Å²) in [5.41, 5.74) is 1.46. The molecule has 36 heavy (non-hydrogen) atoms. The molecule has 9 heteroatoms. The Morgan fingerprint density at radius 2 is 1.72 bits per heavy atom. The lowest BCUT2D eigenvalue weighted by Crippen LogP contribution is -2.36. The molecule has 1 N–H and O–H groups in total. The molecule has 1 saturated heterocycles. The first-order valence-electron chi connectivity index (χ1n) is 12.5. The van der Waals surface area contributed by atoms with Crippen LogP contribution in [0.4, 0.5) is 11.4 Å². The summed E-state index contributed by atoms with van der Waals surface area (Å²) in [6.07, 6.45) is 3.92. The molecule has 1 aliphatic rings. The molecule has 1 aromatic heterocycles. The zero-order valence-electron chi connectivity index (χ0n) is 20.6. The lowest BCUT2D eigenvalue weighted by atomic mass is 10.1. The van der Waals surface area contributed by atoms with Gasteiger partial charge >= 0.3 is 5.97 Å². The van der Waals surface area contributed by atoms with Crippen LogP contribution < -0.4 is 15.8 Å². The van der Waals surface area contributed by atoms with E-state index >= 15 is 0 Å². The van der Waals surface area contributed by atoms with Crippen molar-refractivity contribution >= 4 is 34.0 Å². The first-order chi connectivity index (χ1) is 17.6. The highest BCUT2D eigenvalue weighted by molar-refractivity contribution is 6.03. The number of esters is 1. The molecule has 9 nitrogen and oxygen atoms in total. The molecule has 0 saturated carbocycles. The SMILES string of the molecule is CCCCCCn1nc(C(=O)OCC(=O)Nc2ccc(N3CCOCC3)cc2)c2ccccc2c1=O. The summed E-state index contributed by atoms with van der Waals surface area (Å²) in [5, 5.41) is 7.86. The third kappa shape index (κ3) is 6.28. The summed E-state index contributed by atoms with van der Waals surface area (Å²) < 4.78 is 12.0. The van der Waals surface area contributed by atoms with Gasteiger partial charge in [-0.2, -0.15) is 5.10 Å². The number of carbonyl (C=O) groups is 2. The maximum Gasteiger partial charge on any atom is 0.359 e. The zero-order chi connectivity index (χ0) is 25.3. The molecular weight excluding hydrogens is 460 g/mol. The minimum absolute atomic E-state index is 0.0309. The molecule has 2 aromatic carbocycles. The Hall–Kier alpha value is -3.72. The van der Waals surface area contributed by atoms with Crippen LogP contribution in [0.2, 0.25) is 0 Å². The van der Waals surface area contributed by atoms with Crippen LogP contribution in [0.15, 0.2) is 53.3 Å². The van der Waals surface area contributed by atoms with Crippen LogP contribution >= 0.6 is 0 Å². The predicted molar refractivity (Wildman–Crippen MR) is 139 cm³/mol. The highest BCUT2D eigenvalue weighted by atomic mass is 16.5. The second kappa shape index (κ2) is 12.3. The third-order valence-corrected chi connectivity index (χ3v) is 6.15. The summed E-state index contributed by atoms with van der Waals surface area (Å²) >= 11 is 0. The lowest BCUT2D eigenvalue weighted by Gasteiger charge is -2.28. The number of carbonyl (C=O) groups excluding carboxylic acids is 2. The van der Waals surface area contributed by atoms with E-state index in [4.69, 9.17) is 9.47 Å². The van der Waals surface area contributed by atoms with Crippen molar-refractivity contribution in [1.29, 1.82) is 0 Å². The average Bonchev–Trinajstić information content (AvgIpc) is 2.92. The molecule has 0 unspecified atom stereocenters. The van der Waals surface area contributed by atoms with Gasteiger partial charge in [-0.05, 0) is 36.8 Å². The maximum atomic E-state index is 12.9. The lowest BCUT2D eigenvalue weighted by molar-refractivity contribution is -0.119. The van der Waals surface area contributed by atoms with Crippen molar-refractivity contribution < 1.29 is 19.1 Å². The van der Waals surface area contributed by atoms with Crippen molar-refractivity contribution in [3.8, 4) is 0 Å². The van der Waals surface area contributed by atoms with E-state index in [1.807, 2.05) is 24.3 Å². The topological polar surface area (TPSA) is 103 Å². The molecule has 1 fully saturated rings. The number of nitrogens with zero attached hydrogens (tertiary/aromatic N) is 3. The van der Waals surface area contributed by atoms with E-state index in [0.717, 1.165) is 44.5 Å². The summed E-state index contributed by atoms with van der Waals surface area (Å²) in [7, 11) is 0. The number of rotatable bonds is 10. The number of hydrogen-bond acceptors (Lipinski definition) is 7. The van der Waals surface area contributed by atoms with Crippen molar-refractivity contribution in [3.05, 3.63) is 64.6 Å². The Morgan fingerprint density at radius 1 is 1.00 bits per heavy atom. The fraction of sp³-hybridized carbons (Fsp3) is 0.407. The minimum atomic E-state index is -0.744. The van der Waals surface area contributed by atoms with Gasteiger partial charge in [0.15, 0.2) is 12.3 Å². The molecule has 2 heterocycles. The smallest absolute Gasteiger partial charge is 0.359 e. The van der Waals surface area contributed by atoms with Gasteiger partial charge in [0.1, 0.15) is 0 Å². The first kappa shape index (κ1) is 25.4. The van der Waals surface area contributed by atoms with E-state index in [9.17, 15) is 14.4 Å². The summed E-state index contributed by atoms with van der Waals surface area (Å²) in [4.78, 5) is 40.4. The van der Waals surface area contributed by atoms with Gasteiger partial charge < -0.3 is 19.7 Å². The van der Waals surface area contributed by atoms with E-state index in [1.54, 1.807) is 24.3 Å². The number of aromatic nitrogens is 2. The Kier molecular flexibility index (Phi) is 8.67. The Bertz CT molecular complexity index is 1250. The average molecular weight is 493 g/mol. The van der Waals surface area contributed by atoms with Gasteiger partial charge in [-0.3, -0.25) is 9.59 Å². The Morgan fingerprint density at radius 3 is 2.44 bits per heavy atom. The van der Waals surface area contributed by atoms with Crippen LogP contribution in [0.1, 0.15) is 43.1 Å². The van der Waals surface area contributed by atoms with Crippen LogP contribution in [0.3, 0.4) is 0 Å². The van der Waals surface area contributed by atoms with Crippen molar-refractivity contribution in [2.45, 2.75) is 39.2 Å². The molecule has 1 amide bonds. The molecule has 0 spiro atoms. The monoisotopic (exact) mass is 492 g/mol. The maximum absolute atomic E-state index is 12.9. The summed E-state index contributed by atoms with van der Waals surface area (Å²) in [6.45, 7) is 5.13. The van der Waals surface area contributed by atoms with E-state index in [2.05, 4.69) is 22.2 Å². The number of anilines is 2. The summed E-state index contributed by atoms with van der Waals surface area (Å²) in [6, 6.07) is 14.3. The third-order valence-electron chi connectivity index (χ3n) is 6.15. The molecule has 0 radical (unpaired) electrons. The molecule has 4 rings (SSSR count). The van der Waals surface area contributed by atoms with E-state index in [0.29, 0.717) is 36.2 Å². The second-order valence-electron chi connectivity index (χ2n) is 8.75. The van der Waals surface area contributed by atoms with E-state index in [1.165, 1.54) is 4.68 Å². The van der Waals surface area contributed by atoms with Crippen molar-refractivity contribution in [2.24, 2.45) is 0 Å². The number of morpholine rings is 1. The highest BCUT2D eigenvalue weighted by Gasteiger charge is 2.19. The van der Waals surface area contributed by atoms with Gasteiger partial charge in [0.2, 0.25) is 0 Å². The molecular formula is C27H32N4O5. The number of benzene rings is 2. The zero-order valence-corrected chi connectivity index (χ0v) is 20.6. The molecule has 0 atom stereocenters. The van der Waals surface area contributed by atoms with Gasteiger partial charge in [-0.1, -0.05) is 44.4 Å². The number of hydrogen-bond donors (Lipinski definition) is 1. The van der Waals surface area contributed by atoms with Crippen LogP contribution in [-0.2, 0) is 20.8 Å². The van der Waals surface area contributed by atoms with E-state index in [-0.39, 0.29) is 11.3 Å². The Labute approximate surface area is 210 Å². The van der Waals surface area contributed by atoms with Crippen molar-refractivity contribution in [1.82, 2.24) is 9.78 Å². The molecule has 3 aromatic rings. The van der Waals surface area contributed by atoms with Gasteiger partial charge in [0, 0.05) is 36.4 Å². The number of unbranched alkanes of at least 4 members (excludes halogenated alkanes) is 3. The predicted octanol–water partition coefficient (Wildman–Crippen LogP) is 3.61. The Balaban J connectivity index is 1.39. The molecule has 0 bridgehead atoms. The van der Waals surface area contributed by atoms with E-state index < -0.39 is 18.5 Å². The van der Waals surface area contributed by atoms with Gasteiger partial charge in [0.25, 0.3) is 11.5 Å². The first-order valence-corrected chi connectivity index (χ1v) is 12.5. The number of ether oxygens (including phenoxy) is 2. The fourth-order valence-electron chi connectivity index (χ4n) is 4.20. The molecule has 190 valence electrons. The summed E-state index contributed by atoms with van der Waals surface area (Å²) in [5.74, 6) is -1.20. The minimum Gasteiger partial charge on any atom is -0.451 e. The number of amides is 1. The largest absolute Gasteiger partial charge is 0.451 e. The van der Waals surface area contributed by atoms with Gasteiger partial charge in [0.05, 0.1) is 18.6 Å². The quantitative estimate of drug-likeness (QED) is 0.341. The van der Waals surface area contributed by atoms with Gasteiger partial charge in [-0.25, -0.2) is 9.48 Å². The van der Waals surface area contributed by atoms with Crippen LogP contribution in [0, 0.1) is 0 Å². The van der Waals surface area contributed by atoms with Crippen LogP contribution in [0.25, 0.3) is 10.8 Å². The fourth-order valence-corrected chi connectivity index (χ4v) is 4.20. The van der Waals surface area contributed by atoms with Crippen molar-refractivity contribution in [3.63, 3.8) is 0 Å². The van der Waals surface area contributed by atoms with Crippen LogP contribution in [0.5, 0.6) is 0 Å². The van der Waals surface area contributed by atoms with Crippen molar-refractivity contribution in [2.75, 3.05) is 43.1 Å². The number of nitrogens with one attached hydrogen (secondary N) is 1. The molecule has 0 aliphatic carbocycles. The normalized spacial score (nSPS) is 13.5. The standard InChI is InChI=1S/C27H32N4O5/c1-2-3-4-7-14-31-26(33)23-9-6-5-8-22(23)25(29-31)27(34)36-19-24(32)28-20-10-12-21(13-11-20)30-15-17-35-18-16-30/h5-6,8-13H,2-4,7,14-19H2,1H3,(H,28,32). The van der Waals surface area contributed by atoms with Crippen LogP contribution in [-0.4, -0.2) is 54.6 Å². The molecule has 1 aliphatic heterocycles.